The van der Waals surface area contributed by atoms with E-state index in [0.717, 1.165) is 15.4 Å². The number of hydrogen-bond acceptors (Lipinski definition) is 4. The average Bonchev–Trinajstić information content (AvgIpc) is 2.54. The van der Waals surface area contributed by atoms with Crippen LogP contribution in [0.25, 0.3) is 0 Å². The first kappa shape index (κ1) is 17.2. The molecule has 0 saturated heterocycles. The second-order valence-corrected chi connectivity index (χ2v) is 7.27. The third kappa shape index (κ3) is 4.64. The van der Waals surface area contributed by atoms with Crippen molar-refractivity contribution in [1.29, 1.82) is 0 Å². The summed E-state index contributed by atoms with van der Waals surface area (Å²) in [5.74, 6) is -0.470. The highest BCUT2D eigenvalue weighted by Gasteiger charge is 2.21. The highest BCUT2D eigenvalue weighted by molar-refractivity contribution is 7.89. The lowest BCUT2D eigenvalue weighted by Crippen LogP contribution is -2.30. The van der Waals surface area contributed by atoms with Crippen LogP contribution in [0.15, 0.2) is 59.5 Å². The number of carbonyl (C=O) groups is 1. The predicted molar refractivity (Wildman–Crippen MR) is 87.2 cm³/mol. The lowest BCUT2D eigenvalue weighted by Gasteiger charge is -2.17. The lowest BCUT2D eigenvalue weighted by atomic mass is 10.2. The minimum atomic E-state index is -3.67. The molecule has 2 aromatic rings. The van der Waals surface area contributed by atoms with Gasteiger partial charge in [-0.15, -0.1) is 0 Å². The maximum absolute atomic E-state index is 12.3. The van der Waals surface area contributed by atoms with Gasteiger partial charge < -0.3 is 4.74 Å². The maximum atomic E-state index is 12.3. The van der Waals surface area contributed by atoms with Gasteiger partial charge in [0.25, 0.3) is 0 Å². The molecular weight excluding hydrogens is 314 g/mol. The smallest absolute Gasteiger partial charge is 0.311 e. The number of esters is 1. The van der Waals surface area contributed by atoms with Gasteiger partial charge in [0.05, 0.1) is 11.3 Å². The Balaban J connectivity index is 1.94. The molecule has 0 spiro atoms. The van der Waals surface area contributed by atoms with E-state index in [1.165, 1.54) is 19.2 Å². The molecular formula is C17H19NO4S. The number of rotatable bonds is 6. The van der Waals surface area contributed by atoms with Gasteiger partial charge in [0.2, 0.25) is 10.0 Å². The fraction of sp³-hybridized carbons (Fsp3) is 0.235. The molecule has 0 radical (unpaired) electrons. The Hall–Kier alpha value is -2.18. The van der Waals surface area contributed by atoms with Crippen LogP contribution in [0.3, 0.4) is 0 Å². The average molecular weight is 333 g/mol. The van der Waals surface area contributed by atoms with Crippen LogP contribution in [0.1, 0.15) is 11.1 Å². The number of ether oxygens (including phenoxy) is 1. The van der Waals surface area contributed by atoms with Gasteiger partial charge in [0.1, 0.15) is 0 Å². The molecule has 6 heteroatoms. The number of nitrogens with zero attached hydrogens (tertiary/aromatic N) is 1. The molecule has 0 aliphatic heterocycles. The SMILES string of the molecule is Cc1ccc(S(=O)(=O)N(C)COC(=O)Cc2ccccc2)cc1. The molecule has 0 aliphatic carbocycles. The molecule has 122 valence electrons. The van der Waals surface area contributed by atoms with Crippen molar-refractivity contribution in [2.45, 2.75) is 18.2 Å². The van der Waals surface area contributed by atoms with E-state index >= 15 is 0 Å². The van der Waals surface area contributed by atoms with Crippen molar-refractivity contribution in [3.63, 3.8) is 0 Å². The zero-order chi connectivity index (χ0) is 16.9. The van der Waals surface area contributed by atoms with Gasteiger partial charge in [-0.2, -0.15) is 4.31 Å². The normalized spacial score (nSPS) is 11.4. The summed E-state index contributed by atoms with van der Waals surface area (Å²) >= 11 is 0. The summed E-state index contributed by atoms with van der Waals surface area (Å²) in [6.07, 6.45) is 0.110. The van der Waals surface area contributed by atoms with Crippen molar-refractivity contribution >= 4 is 16.0 Å². The van der Waals surface area contributed by atoms with Crippen LogP contribution in [-0.4, -0.2) is 32.5 Å². The zero-order valence-corrected chi connectivity index (χ0v) is 13.9. The molecule has 2 aromatic carbocycles. The molecule has 5 nitrogen and oxygen atoms in total. The Labute approximate surface area is 136 Å². The van der Waals surface area contributed by atoms with Crippen molar-refractivity contribution in [3.05, 3.63) is 65.7 Å². The standard InChI is InChI=1S/C17H19NO4S/c1-14-8-10-16(11-9-14)23(20,21)18(2)13-22-17(19)12-15-6-4-3-5-7-15/h3-11H,12-13H2,1-2H3. The highest BCUT2D eigenvalue weighted by atomic mass is 32.2. The molecule has 0 amide bonds. The molecule has 0 unspecified atom stereocenters. The van der Waals surface area contributed by atoms with Gasteiger partial charge in [0, 0.05) is 7.05 Å². The Morgan fingerprint density at radius 2 is 1.65 bits per heavy atom. The lowest BCUT2D eigenvalue weighted by molar-refractivity contribution is -0.145. The molecule has 0 N–H and O–H groups in total. The quantitative estimate of drug-likeness (QED) is 0.601. The van der Waals surface area contributed by atoms with Crippen molar-refractivity contribution in [3.8, 4) is 0 Å². The van der Waals surface area contributed by atoms with Gasteiger partial charge in [-0.05, 0) is 24.6 Å². The summed E-state index contributed by atoms with van der Waals surface area (Å²) in [4.78, 5) is 12.0. The number of sulfonamides is 1. The molecule has 0 heterocycles. The first-order valence-electron chi connectivity index (χ1n) is 7.12. The first-order chi connectivity index (χ1) is 10.9. The van der Waals surface area contributed by atoms with Crippen molar-refractivity contribution in [2.24, 2.45) is 0 Å². The Bertz CT molecular complexity index is 755. The molecule has 0 saturated carbocycles. The van der Waals surface area contributed by atoms with E-state index in [-0.39, 0.29) is 18.0 Å². The van der Waals surface area contributed by atoms with Gasteiger partial charge in [0.15, 0.2) is 6.73 Å². The van der Waals surface area contributed by atoms with Crippen LogP contribution in [0.4, 0.5) is 0 Å². The summed E-state index contributed by atoms with van der Waals surface area (Å²) in [5.41, 5.74) is 1.79. The van der Waals surface area contributed by atoms with Crippen LogP contribution < -0.4 is 0 Å². The van der Waals surface area contributed by atoms with Gasteiger partial charge in [-0.3, -0.25) is 4.79 Å². The van der Waals surface area contributed by atoms with E-state index < -0.39 is 16.0 Å². The van der Waals surface area contributed by atoms with Crippen LogP contribution in [0.5, 0.6) is 0 Å². The van der Waals surface area contributed by atoms with E-state index in [4.69, 9.17) is 4.74 Å². The predicted octanol–water partition coefficient (Wildman–Crippen LogP) is 2.36. The van der Waals surface area contributed by atoms with Crippen LogP contribution in [0.2, 0.25) is 0 Å². The van der Waals surface area contributed by atoms with Crippen molar-refractivity contribution in [1.82, 2.24) is 4.31 Å². The van der Waals surface area contributed by atoms with Crippen LogP contribution in [-0.2, 0) is 26.0 Å². The summed E-state index contributed by atoms with van der Waals surface area (Å²) in [6.45, 7) is 1.56. The Morgan fingerprint density at radius 3 is 2.26 bits per heavy atom. The Morgan fingerprint density at radius 1 is 1.04 bits per heavy atom. The monoisotopic (exact) mass is 333 g/mol. The minimum absolute atomic E-state index is 0.110. The summed E-state index contributed by atoms with van der Waals surface area (Å²) in [7, 11) is -2.29. The molecule has 23 heavy (non-hydrogen) atoms. The third-order valence-electron chi connectivity index (χ3n) is 3.33. The maximum Gasteiger partial charge on any atom is 0.311 e. The van der Waals surface area contributed by atoms with E-state index in [1.807, 2.05) is 37.3 Å². The third-order valence-corrected chi connectivity index (χ3v) is 5.12. The zero-order valence-electron chi connectivity index (χ0n) is 13.1. The molecule has 0 atom stereocenters. The fourth-order valence-electron chi connectivity index (χ4n) is 1.94. The second-order valence-electron chi connectivity index (χ2n) is 5.22. The van der Waals surface area contributed by atoms with Crippen molar-refractivity contribution in [2.75, 3.05) is 13.8 Å². The second kappa shape index (κ2) is 7.39. The molecule has 2 rings (SSSR count). The van der Waals surface area contributed by atoms with Crippen molar-refractivity contribution < 1.29 is 17.9 Å². The van der Waals surface area contributed by atoms with Gasteiger partial charge in [-0.1, -0.05) is 48.0 Å². The molecule has 0 aliphatic rings. The van der Waals surface area contributed by atoms with E-state index in [0.29, 0.717) is 0 Å². The first-order valence-corrected chi connectivity index (χ1v) is 8.56. The van der Waals surface area contributed by atoms with Gasteiger partial charge >= 0.3 is 5.97 Å². The number of hydrogen-bond donors (Lipinski definition) is 0. The molecule has 0 aromatic heterocycles. The van der Waals surface area contributed by atoms with E-state index in [1.54, 1.807) is 12.1 Å². The number of carbonyl (C=O) groups excluding carboxylic acids is 1. The summed E-state index contributed by atoms with van der Waals surface area (Å²) in [6, 6.07) is 15.7. The largest absolute Gasteiger partial charge is 0.448 e. The number of aryl methyl sites for hydroxylation is 1. The van der Waals surface area contributed by atoms with E-state index in [2.05, 4.69) is 0 Å². The highest BCUT2D eigenvalue weighted by Crippen LogP contribution is 2.15. The molecule has 0 bridgehead atoms. The Kier molecular flexibility index (Phi) is 5.52. The van der Waals surface area contributed by atoms with Gasteiger partial charge in [-0.25, -0.2) is 8.42 Å². The number of benzene rings is 2. The topological polar surface area (TPSA) is 63.7 Å². The summed E-state index contributed by atoms with van der Waals surface area (Å²) in [5, 5.41) is 0. The minimum Gasteiger partial charge on any atom is -0.448 e. The molecule has 0 fully saturated rings. The fourth-order valence-corrected chi connectivity index (χ4v) is 2.97. The van der Waals surface area contributed by atoms with Crippen LogP contribution in [0, 0.1) is 6.92 Å². The van der Waals surface area contributed by atoms with Crippen LogP contribution >= 0.6 is 0 Å². The summed E-state index contributed by atoms with van der Waals surface area (Å²) < 4.78 is 30.8. The van der Waals surface area contributed by atoms with E-state index in [9.17, 15) is 13.2 Å².